The lowest BCUT2D eigenvalue weighted by atomic mass is 9.98. The number of aryl methyl sites for hydroxylation is 2. The zero-order valence-corrected chi connectivity index (χ0v) is 43.6. The Labute approximate surface area is 443 Å². The number of aromatic nitrogens is 5. The van der Waals surface area contributed by atoms with E-state index in [1.54, 1.807) is 49.3 Å². The molecule has 23 nitrogen and oxygen atoms in total. The van der Waals surface area contributed by atoms with Crippen LogP contribution < -0.4 is 35.9 Å². The monoisotopic (exact) mass is 1050 g/mol. The summed E-state index contributed by atoms with van der Waals surface area (Å²) in [4.78, 5) is 76.2. The molecular formula is C54H60N14O9. The summed E-state index contributed by atoms with van der Waals surface area (Å²) in [5.41, 5.74) is 11.1. The minimum atomic E-state index is -0.481. The molecule has 0 atom stereocenters. The molecule has 9 rings (SSSR count). The molecule has 2 aromatic heterocycles. The van der Waals surface area contributed by atoms with Gasteiger partial charge in [-0.15, -0.1) is 10.2 Å². The maximum atomic E-state index is 13.5. The number of methoxy groups -OCH3 is 1. The van der Waals surface area contributed by atoms with E-state index in [0.29, 0.717) is 110 Å². The van der Waals surface area contributed by atoms with Gasteiger partial charge < -0.3 is 45.7 Å². The number of aromatic hydroxyl groups is 2. The van der Waals surface area contributed by atoms with Gasteiger partial charge in [0.15, 0.2) is 17.3 Å². The number of phenols is 2. The van der Waals surface area contributed by atoms with Gasteiger partial charge in [0.1, 0.15) is 28.8 Å². The summed E-state index contributed by atoms with van der Waals surface area (Å²) >= 11 is 0. The van der Waals surface area contributed by atoms with Gasteiger partial charge in [-0.25, -0.2) is 19.8 Å². The third-order valence-corrected chi connectivity index (χ3v) is 13.3. The van der Waals surface area contributed by atoms with Gasteiger partial charge in [-0.3, -0.25) is 39.1 Å². The van der Waals surface area contributed by atoms with E-state index in [2.05, 4.69) is 46.0 Å². The Morgan fingerprint density at radius 1 is 0.805 bits per heavy atom. The first-order valence-corrected chi connectivity index (χ1v) is 25.2. The highest BCUT2D eigenvalue weighted by Crippen LogP contribution is 2.44. The number of amides is 4. The van der Waals surface area contributed by atoms with E-state index in [0.717, 1.165) is 28.8 Å². The standard InChI is InChI=1S/C54H60N14O9/c1-7-56-51(73)48-64-63-47(39-25-38(30(2)3)40(69)26-41(39)70)68(48)36-11-9-34(10-12-36)49(71)58-27-33-23-31(4)44(32(5)24-33)77-54(74)66-20-18-65(19-21-66)16-8-22-76-42-14-13-37-43(45(42)75-6)61-53(67-17-15-57-46(37)67)62-50(72)35-28-59-52(55)60-29-35/h9-14,23-26,28-30,69-70H,7-8,15-22,27H2,1-6H3,(H,56,73)(H,58,71)(H2,55,59,60)(H,61,62,72). The molecular weight excluding hydrogens is 989 g/mol. The number of nitrogens with zero attached hydrogens (tertiary/aromatic N) is 10. The summed E-state index contributed by atoms with van der Waals surface area (Å²) in [7, 11) is 1.54. The van der Waals surface area contributed by atoms with Crippen molar-refractivity contribution in [2.45, 2.75) is 53.5 Å². The van der Waals surface area contributed by atoms with E-state index in [-0.39, 0.29) is 58.6 Å². The topological polar surface area (TPSA) is 289 Å². The number of benzene rings is 4. The van der Waals surface area contributed by atoms with Crippen LogP contribution in [0.25, 0.3) is 17.1 Å². The number of phenolic OH excluding ortho intramolecular Hbond substituents is 2. The van der Waals surface area contributed by atoms with Gasteiger partial charge in [0.25, 0.3) is 17.7 Å². The number of nitrogens with one attached hydrogen (secondary N) is 3. The predicted octanol–water partition coefficient (Wildman–Crippen LogP) is 5.23. The molecule has 0 spiro atoms. The molecule has 0 radical (unpaired) electrons. The van der Waals surface area contributed by atoms with Crippen LogP contribution in [0.15, 0.2) is 83.0 Å². The number of carbonyl (C=O) groups is 4. The molecule has 4 aromatic carbocycles. The molecule has 6 aromatic rings. The molecule has 0 unspecified atom stereocenters. The molecule has 3 aliphatic rings. The molecule has 1 fully saturated rings. The van der Waals surface area contributed by atoms with Crippen molar-refractivity contribution in [3.8, 4) is 45.8 Å². The first-order valence-electron chi connectivity index (χ1n) is 25.2. The van der Waals surface area contributed by atoms with Gasteiger partial charge in [-0.05, 0) is 97.8 Å². The van der Waals surface area contributed by atoms with Gasteiger partial charge in [0.2, 0.25) is 17.7 Å². The second-order valence-electron chi connectivity index (χ2n) is 18.9. The van der Waals surface area contributed by atoms with Crippen LogP contribution >= 0.6 is 0 Å². The van der Waals surface area contributed by atoms with E-state index in [9.17, 15) is 29.4 Å². The average molecular weight is 1050 g/mol. The SMILES string of the molecule is CCNC(=O)c1nnc(-c2cc(C(C)C)c(O)cc2O)n1-c1ccc(C(=O)NCc2cc(C)c(OC(=O)N3CCN(CCCOc4ccc5c(c4OC)N=C(NC(=O)c4cnc(N)nc4)N4CCN=C54)CC3)c(C)c2)cc1. The normalized spacial score (nSPS) is 14.1. The van der Waals surface area contributed by atoms with Crippen LogP contribution in [-0.2, 0) is 6.54 Å². The summed E-state index contributed by atoms with van der Waals surface area (Å²) in [6, 6.07) is 16.9. The minimum absolute atomic E-state index is 0.0244. The maximum Gasteiger partial charge on any atom is 0.415 e. The lowest BCUT2D eigenvalue weighted by Gasteiger charge is -2.34. The van der Waals surface area contributed by atoms with E-state index >= 15 is 0 Å². The lowest BCUT2D eigenvalue weighted by molar-refractivity contribution is 0.0937. The van der Waals surface area contributed by atoms with Crippen molar-refractivity contribution in [3.63, 3.8) is 0 Å². The fourth-order valence-corrected chi connectivity index (χ4v) is 9.38. The van der Waals surface area contributed by atoms with Crippen LogP contribution in [0.1, 0.15) is 92.3 Å². The molecule has 1 saturated heterocycles. The van der Waals surface area contributed by atoms with Gasteiger partial charge >= 0.3 is 6.09 Å². The number of nitrogen functional groups attached to an aromatic ring is 1. The highest BCUT2D eigenvalue weighted by molar-refractivity contribution is 6.20. The van der Waals surface area contributed by atoms with Crippen molar-refractivity contribution in [2.75, 3.05) is 71.8 Å². The van der Waals surface area contributed by atoms with Gasteiger partial charge in [0, 0.05) is 87.6 Å². The second-order valence-corrected chi connectivity index (χ2v) is 18.9. The fourth-order valence-electron chi connectivity index (χ4n) is 9.38. The second kappa shape index (κ2) is 22.8. The Bertz CT molecular complexity index is 3270. The summed E-state index contributed by atoms with van der Waals surface area (Å²) in [5, 5.41) is 38.3. The number of amidine groups is 1. The summed E-state index contributed by atoms with van der Waals surface area (Å²) < 4.78 is 19.5. The van der Waals surface area contributed by atoms with Crippen molar-refractivity contribution in [3.05, 3.63) is 118 Å². The first-order chi connectivity index (χ1) is 37.1. The Hall–Kier alpha value is -9.12. The number of hydrogen-bond acceptors (Lipinski definition) is 18. The summed E-state index contributed by atoms with van der Waals surface area (Å²) in [6.07, 6.45) is 2.97. The van der Waals surface area contributed by atoms with Crippen molar-refractivity contribution in [1.29, 1.82) is 0 Å². The minimum Gasteiger partial charge on any atom is -0.508 e. The number of aliphatic imine (C=N–C) groups is 2. The molecule has 0 aliphatic carbocycles. The Morgan fingerprint density at radius 3 is 2.22 bits per heavy atom. The number of fused-ring (bicyclic) bond motifs is 3. The Morgan fingerprint density at radius 2 is 1.53 bits per heavy atom. The molecule has 3 aliphatic heterocycles. The van der Waals surface area contributed by atoms with Crippen LogP contribution in [0.2, 0.25) is 0 Å². The molecule has 4 amide bonds. The predicted molar refractivity (Wildman–Crippen MR) is 286 cm³/mol. The molecule has 23 heteroatoms. The third kappa shape index (κ3) is 11.3. The van der Waals surface area contributed by atoms with Crippen LogP contribution in [0, 0.1) is 13.8 Å². The number of carbonyl (C=O) groups excluding carboxylic acids is 4. The third-order valence-electron chi connectivity index (χ3n) is 13.3. The number of nitrogens with two attached hydrogens (primary N) is 1. The number of ether oxygens (including phenoxy) is 3. The van der Waals surface area contributed by atoms with Crippen LogP contribution in [0.4, 0.5) is 16.4 Å². The summed E-state index contributed by atoms with van der Waals surface area (Å²) in [6.45, 7) is 14.4. The van der Waals surface area contributed by atoms with E-state index in [1.807, 2.05) is 56.9 Å². The van der Waals surface area contributed by atoms with Gasteiger partial charge in [-0.1, -0.05) is 26.0 Å². The highest BCUT2D eigenvalue weighted by atomic mass is 16.6. The Balaban J connectivity index is 0.757. The number of hydrogen-bond donors (Lipinski definition) is 6. The molecule has 400 valence electrons. The van der Waals surface area contributed by atoms with E-state index < -0.39 is 17.9 Å². The van der Waals surface area contributed by atoms with Gasteiger partial charge in [-0.2, -0.15) is 0 Å². The molecule has 77 heavy (non-hydrogen) atoms. The largest absolute Gasteiger partial charge is 0.508 e. The zero-order valence-electron chi connectivity index (χ0n) is 43.6. The number of rotatable bonds is 16. The lowest BCUT2D eigenvalue weighted by Crippen LogP contribution is -2.49. The van der Waals surface area contributed by atoms with E-state index in [1.165, 1.54) is 23.0 Å². The number of piperazine rings is 1. The molecule has 0 saturated carbocycles. The smallest absolute Gasteiger partial charge is 0.415 e. The van der Waals surface area contributed by atoms with Crippen molar-refractivity contribution < 1.29 is 43.6 Å². The maximum absolute atomic E-state index is 13.5. The van der Waals surface area contributed by atoms with Gasteiger partial charge in [0.05, 0.1) is 31.4 Å². The van der Waals surface area contributed by atoms with E-state index in [4.69, 9.17) is 24.9 Å². The molecule has 0 bridgehead atoms. The van der Waals surface area contributed by atoms with Crippen LogP contribution in [0.5, 0.6) is 28.7 Å². The highest BCUT2D eigenvalue weighted by Gasteiger charge is 2.34. The first kappa shape index (κ1) is 52.7. The summed E-state index contributed by atoms with van der Waals surface area (Å²) in [5.74, 6) is 0.927. The molecule has 5 heterocycles. The quantitative estimate of drug-likeness (QED) is 0.0677. The fraction of sp³-hybridized carbons (Fsp3) is 0.333. The van der Waals surface area contributed by atoms with Crippen molar-refractivity contribution in [1.82, 2.24) is 55.4 Å². The number of guanidine groups is 1. The molecule has 7 N–H and O–H groups in total. The van der Waals surface area contributed by atoms with Crippen LogP contribution in [-0.4, -0.2) is 151 Å². The average Bonchev–Trinajstić information content (AvgIpc) is 4.13. The number of anilines is 1. The van der Waals surface area contributed by atoms with Crippen molar-refractivity contribution >= 4 is 47.2 Å². The van der Waals surface area contributed by atoms with Crippen molar-refractivity contribution in [2.24, 2.45) is 9.98 Å². The zero-order chi connectivity index (χ0) is 54.5. The Kier molecular flexibility index (Phi) is 15.6. The van der Waals surface area contributed by atoms with Crippen LogP contribution in [0.3, 0.4) is 0 Å².